The van der Waals surface area contributed by atoms with Crippen LogP contribution in [0, 0.1) is 0 Å². The van der Waals surface area contributed by atoms with Gasteiger partial charge in [-0.2, -0.15) is 26.3 Å². The maximum absolute atomic E-state index is 13.5. The molecule has 0 fully saturated rings. The van der Waals surface area contributed by atoms with Gasteiger partial charge in [0, 0.05) is 40.5 Å². The van der Waals surface area contributed by atoms with Crippen LogP contribution in [0.3, 0.4) is 0 Å². The lowest BCUT2D eigenvalue weighted by atomic mass is 10.0. The Kier molecular flexibility index (Phi) is 6.50. The van der Waals surface area contributed by atoms with E-state index in [1.807, 2.05) is 48.5 Å². The highest BCUT2D eigenvalue weighted by molar-refractivity contribution is 7.50. The average Bonchev–Trinajstić information content (AvgIpc) is 3.12. The van der Waals surface area contributed by atoms with Gasteiger partial charge in [0.1, 0.15) is 19.1 Å². The Hall–Kier alpha value is -2.82. The summed E-state index contributed by atoms with van der Waals surface area (Å²) in [6.45, 7) is -3.01. The monoisotopic (exact) mass is 501 g/mol. The first-order valence-electron chi connectivity index (χ1n) is 10.0. The van der Waals surface area contributed by atoms with Gasteiger partial charge in [0.2, 0.25) is 0 Å². The molecule has 10 heteroatoms. The van der Waals surface area contributed by atoms with Crippen molar-refractivity contribution in [1.82, 2.24) is 0 Å². The lowest BCUT2D eigenvalue weighted by Crippen LogP contribution is -2.62. The summed E-state index contributed by atoms with van der Waals surface area (Å²) in [7, 11) is 0.469. The van der Waals surface area contributed by atoms with Crippen LogP contribution in [0.15, 0.2) is 72.8 Å². The zero-order valence-corrected chi connectivity index (χ0v) is 18.6. The lowest BCUT2D eigenvalue weighted by molar-refractivity contribution is -0.397. The van der Waals surface area contributed by atoms with Gasteiger partial charge in [0.25, 0.3) is 5.60 Å². The zero-order valence-electron chi connectivity index (χ0n) is 17.7. The first kappa shape index (κ1) is 24.3. The van der Waals surface area contributed by atoms with E-state index in [9.17, 15) is 26.3 Å². The highest BCUT2D eigenvalue weighted by atomic mass is 32.2. The molecule has 0 unspecified atom stereocenters. The largest absolute Gasteiger partial charge is 0.490 e. The van der Waals surface area contributed by atoms with Crippen molar-refractivity contribution in [3.63, 3.8) is 0 Å². The first-order chi connectivity index (χ1) is 16.1. The number of hydrogen-bond acceptors (Lipinski definition) is 3. The van der Waals surface area contributed by atoms with Gasteiger partial charge in [-0.05, 0) is 36.4 Å². The van der Waals surface area contributed by atoms with E-state index in [4.69, 9.17) is 4.74 Å². The van der Waals surface area contributed by atoms with E-state index in [-0.39, 0.29) is 5.75 Å². The predicted molar refractivity (Wildman–Crippen MR) is 119 cm³/mol. The third kappa shape index (κ3) is 4.21. The summed E-state index contributed by atoms with van der Waals surface area (Å²) < 4.78 is 96.4. The number of hydrogen-bond donors (Lipinski definition) is 0. The first-order valence-corrected chi connectivity index (χ1v) is 11.2. The molecule has 0 aliphatic rings. The van der Waals surface area contributed by atoms with Crippen molar-refractivity contribution in [3.8, 4) is 10.6 Å². The molecule has 4 aromatic rings. The fourth-order valence-corrected chi connectivity index (χ4v) is 6.03. The molecule has 0 amide bonds. The molecule has 0 saturated heterocycles. The van der Waals surface area contributed by atoms with Gasteiger partial charge < -0.3 is 14.2 Å². The third-order valence-corrected chi connectivity index (χ3v) is 7.68. The summed E-state index contributed by atoms with van der Waals surface area (Å²) in [5, 5.41) is 2.19. The van der Waals surface area contributed by atoms with Crippen molar-refractivity contribution >= 4 is 30.6 Å². The Labute approximate surface area is 193 Å². The Balaban J connectivity index is 1.66. The fourth-order valence-electron chi connectivity index (χ4n) is 3.65. The number of ether oxygens (including phenoxy) is 3. The molecule has 0 N–H and O–H groups in total. The molecular weight excluding hydrogens is 482 g/mol. The van der Waals surface area contributed by atoms with Crippen LogP contribution in [0.1, 0.15) is 0 Å². The SMILES string of the molecule is COCOC(COc1ccc(-[s+]2c3ccccc3c3ccccc32)cc1)(C(F)(F)F)C(F)(F)F. The fraction of sp³-hybridized carbons (Fsp3) is 0.250. The van der Waals surface area contributed by atoms with Crippen molar-refractivity contribution in [2.45, 2.75) is 18.0 Å². The lowest BCUT2D eigenvalue weighted by Gasteiger charge is -2.36. The molecule has 34 heavy (non-hydrogen) atoms. The van der Waals surface area contributed by atoms with Gasteiger partial charge in [-0.15, -0.1) is 0 Å². The summed E-state index contributed by atoms with van der Waals surface area (Å²) in [5.74, 6) is -0.146. The second kappa shape index (κ2) is 9.09. The minimum Gasteiger partial charge on any atom is -0.490 e. The van der Waals surface area contributed by atoms with E-state index < -0.39 is 41.8 Å². The minimum absolute atomic E-state index is 0.146. The van der Waals surface area contributed by atoms with Crippen molar-refractivity contribution < 1.29 is 40.6 Å². The predicted octanol–water partition coefficient (Wildman–Crippen LogP) is 7.59. The molecular formula is C24H19F6O3S+. The summed E-state index contributed by atoms with van der Waals surface area (Å²) in [6, 6.07) is 21.8. The van der Waals surface area contributed by atoms with Gasteiger partial charge in [-0.3, -0.25) is 0 Å². The number of halogens is 6. The van der Waals surface area contributed by atoms with Crippen molar-refractivity contribution in [2.75, 3.05) is 20.5 Å². The molecule has 0 bridgehead atoms. The summed E-state index contributed by atoms with van der Waals surface area (Å²) >= 11 is 0. The number of benzene rings is 3. The zero-order chi connectivity index (χ0) is 24.6. The van der Waals surface area contributed by atoms with Crippen LogP contribution >= 0.6 is 10.5 Å². The Morgan fingerprint density at radius 1 is 0.706 bits per heavy atom. The van der Waals surface area contributed by atoms with Crippen molar-refractivity contribution in [3.05, 3.63) is 72.8 Å². The van der Waals surface area contributed by atoms with Crippen LogP contribution in [0.4, 0.5) is 26.3 Å². The van der Waals surface area contributed by atoms with E-state index in [1.165, 1.54) is 12.1 Å². The molecule has 4 rings (SSSR count). The Morgan fingerprint density at radius 3 is 1.68 bits per heavy atom. The normalized spacial score (nSPS) is 13.0. The molecule has 180 valence electrons. The molecule has 3 aromatic carbocycles. The van der Waals surface area contributed by atoms with Gasteiger partial charge in [-0.25, -0.2) is 0 Å². The third-order valence-electron chi connectivity index (χ3n) is 5.34. The second-order valence-electron chi connectivity index (χ2n) is 7.43. The van der Waals surface area contributed by atoms with E-state index in [0.717, 1.165) is 32.2 Å². The smallest absolute Gasteiger partial charge is 0.430 e. The molecule has 0 spiro atoms. The summed E-state index contributed by atoms with van der Waals surface area (Å²) in [6.07, 6.45) is -11.6. The maximum atomic E-state index is 13.5. The summed E-state index contributed by atoms with van der Waals surface area (Å²) in [5.41, 5.74) is -4.53. The van der Waals surface area contributed by atoms with E-state index in [2.05, 4.69) is 9.47 Å². The number of methoxy groups -OCH3 is 1. The van der Waals surface area contributed by atoms with Crippen molar-refractivity contribution in [1.29, 1.82) is 0 Å². The average molecular weight is 501 g/mol. The summed E-state index contributed by atoms with van der Waals surface area (Å²) in [4.78, 5) is 0.860. The number of fused-ring (bicyclic) bond motifs is 3. The van der Waals surface area contributed by atoms with Crippen LogP contribution in [-0.4, -0.2) is 38.5 Å². The molecule has 0 aliphatic carbocycles. The standard InChI is InChI=1S/C24H19F6O3S/c1-31-15-33-22(23(25,26)27,24(28,29)30)14-32-16-10-12-17(13-11-16)34-20-8-4-2-6-18(20)19-7-3-5-9-21(19)34/h2-13H,14-15H2,1H3/q+1. The quantitative estimate of drug-likeness (QED) is 0.148. The number of rotatable bonds is 7. The van der Waals surface area contributed by atoms with Gasteiger partial charge >= 0.3 is 12.4 Å². The molecule has 0 atom stereocenters. The van der Waals surface area contributed by atoms with Gasteiger partial charge in [0.05, 0.1) is 0 Å². The molecule has 0 aliphatic heterocycles. The van der Waals surface area contributed by atoms with Crippen LogP contribution in [0.5, 0.6) is 5.75 Å². The van der Waals surface area contributed by atoms with Crippen molar-refractivity contribution in [2.24, 2.45) is 0 Å². The minimum atomic E-state index is -5.78. The molecule has 1 heterocycles. The molecule has 0 radical (unpaired) electrons. The van der Waals surface area contributed by atoms with Gasteiger partial charge in [-0.1, -0.05) is 24.3 Å². The van der Waals surface area contributed by atoms with E-state index >= 15 is 0 Å². The van der Waals surface area contributed by atoms with Crippen LogP contribution < -0.4 is 4.74 Å². The number of alkyl halides is 6. The topological polar surface area (TPSA) is 27.7 Å². The molecule has 1 aromatic heterocycles. The van der Waals surface area contributed by atoms with Gasteiger partial charge in [0.15, 0.2) is 14.3 Å². The number of thiophene rings is 1. The highest BCUT2D eigenvalue weighted by Crippen LogP contribution is 2.49. The Morgan fingerprint density at radius 2 is 1.21 bits per heavy atom. The molecule has 0 saturated carbocycles. The second-order valence-corrected chi connectivity index (χ2v) is 9.40. The van der Waals surface area contributed by atoms with Crippen LogP contribution in [0.25, 0.3) is 25.1 Å². The van der Waals surface area contributed by atoms with Crippen LogP contribution in [-0.2, 0) is 9.47 Å². The van der Waals surface area contributed by atoms with Crippen LogP contribution in [0.2, 0.25) is 0 Å². The maximum Gasteiger partial charge on any atom is 0.430 e. The van der Waals surface area contributed by atoms with E-state index in [1.54, 1.807) is 12.1 Å². The molecule has 3 nitrogen and oxygen atoms in total. The van der Waals surface area contributed by atoms with E-state index in [0.29, 0.717) is 0 Å². The Bertz CT molecular complexity index is 1210. The highest BCUT2D eigenvalue weighted by Gasteiger charge is 2.73.